The number of halogens is 2. The van der Waals surface area contributed by atoms with Crippen molar-refractivity contribution in [3.05, 3.63) is 29.3 Å². The summed E-state index contributed by atoms with van der Waals surface area (Å²) >= 11 is 7.67. The largest absolute Gasteiger partial charge is 0.379 e. The molecular weight excluding hydrogens is 473 g/mol. The van der Waals surface area contributed by atoms with Gasteiger partial charge in [0.15, 0.2) is 5.96 Å². The maximum absolute atomic E-state index is 5.88. The van der Waals surface area contributed by atoms with Gasteiger partial charge in [-0.25, -0.2) is 0 Å². The summed E-state index contributed by atoms with van der Waals surface area (Å²) in [5.41, 5.74) is 0. The smallest absolute Gasteiger partial charge is 0.191 e. The molecule has 2 rings (SSSR count). The van der Waals surface area contributed by atoms with E-state index in [9.17, 15) is 0 Å². The number of nitrogens with one attached hydrogen (secondary N) is 2. The van der Waals surface area contributed by atoms with E-state index in [-0.39, 0.29) is 30.1 Å². The van der Waals surface area contributed by atoms with Crippen LogP contribution in [0, 0.1) is 0 Å². The molecule has 0 saturated carbocycles. The first kappa shape index (κ1) is 22.8. The van der Waals surface area contributed by atoms with Crippen LogP contribution in [0.4, 0.5) is 0 Å². The maximum Gasteiger partial charge on any atom is 0.191 e. The SMILES string of the molecule is CN=C(NCCCOC1CCOC1)NCCSc1ccc(Cl)cc1.I. The van der Waals surface area contributed by atoms with Crippen LogP contribution in [0.25, 0.3) is 0 Å². The third-order valence-corrected chi connectivity index (χ3v) is 4.82. The van der Waals surface area contributed by atoms with Gasteiger partial charge in [0.25, 0.3) is 0 Å². The molecular formula is C17H27ClIN3O2S. The molecule has 0 aliphatic carbocycles. The van der Waals surface area contributed by atoms with Gasteiger partial charge >= 0.3 is 0 Å². The van der Waals surface area contributed by atoms with Gasteiger partial charge in [0, 0.05) is 49.0 Å². The van der Waals surface area contributed by atoms with Crippen LogP contribution in [0.1, 0.15) is 12.8 Å². The van der Waals surface area contributed by atoms with Crippen LogP contribution in [0.2, 0.25) is 5.02 Å². The van der Waals surface area contributed by atoms with Crippen molar-refractivity contribution in [2.75, 3.05) is 45.7 Å². The Labute approximate surface area is 176 Å². The van der Waals surface area contributed by atoms with Crippen molar-refractivity contribution in [2.45, 2.75) is 23.8 Å². The number of benzene rings is 1. The fourth-order valence-electron chi connectivity index (χ4n) is 2.26. The summed E-state index contributed by atoms with van der Waals surface area (Å²) in [5.74, 6) is 1.79. The lowest BCUT2D eigenvalue weighted by atomic mass is 10.3. The molecule has 25 heavy (non-hydrogen) atoms. The highest BCUT2D eigenvalue weighted by Crippen LogP contribution is 2.19. The van der Waals surface area contributed by atoms with E-state index < -0.39 is 0 Å². The molecule has 1 saturated heterocycles. The zero-order valence-electron chi connectivity index (χ0n) is 14.5. The minimum Gasteiger partial charge on any atom is -0.379 e. The van der Waals surface area contributed by atoms with Gasteiger partial charge in [0.05, 0.1) is 12.7 Å². The summed E-state index contributed by atoms with van der Waals surface area (Å²) < 4.78 is 11.0. The molecule has 1 fully saturated rings. The van der Waals surface area contributed by atoms with Gasteiger partial charge in [-0.3, -0.25) is 4.99 Å². The van der Waals surface area contributed by atoms with Crippen LogP contribution in [0.3, 0.4) is 0 Å². The van der Waals surface area contributed by atoms with Crippen molar-refractivity contribution in [1.29, 1.82) is 0 Å². The van der Waals surface area contributed by atoms with Crippen LogP contribution in [0.15, 0.2) is 34.2 Å². The number of hydrogen-bond donors (Lipinski definition) is 2. The van der Waals surface area contributed by atoms with E-state index in [2.05, 4.69) is 15.6 Å². The number of hydrogen-bond acceptors (Lipinski definition) is 4. The quantitative estimate of drug-likeness (QED) is 0.179. The second kappa shape index (κ2) is 13.9. The van der Waals surface area contributed by atoms with Crippen LogP contribution in [-0.2, 0) is 9.47 Å². The van der Waals surface area contributed by atoms with Crippen molar-refractivity contribution in [3.8, 4) is 0 Å². The highest BCUT2D eigenvalue weighted by atomic mass is 127. The first-order valence-electron chi connectivity index (χ1n) is 8.30. The van der Waals surface area contributed by atoms with Gasteiger partial charge in [-0.2, -0.15) is 0 Å². The van der Waals surface area contributed by atoms with E-state index in [0.717, 1.165) is 62.5 Å². The van der Waals surface area contributed by atoms with Crippen molar-refractivity contribution >= 4 is 53.3 Å². The van der Waals surface area contributed by atoms with Gasteiger partial charge in [0.2, 0.25) is 0 Å². The Morgan fingerprint density at radius 3 is 2.76 bits per heavy atom. The number of nitrogens with zero attached hydrogens (tertiary/aromatic N) is 1. The van der Waals surface area contributed by atoms with Gasteiger partial charge < -0.3 is 20.1 Å². The molecule has 8 heteroatoms. The fourth-order valence-corrected chi connectivity index (χ4v) is 3.16. The summed E-state index contributed by atoms with van der Waals surface area (Å²) in [6, 6.07) is 7.90. The minimum atomic E-state index is 0. The Morgan fingerprint density at radius 1 is 1.32 bits per heavy atom. The maximum atomic E-state index is 5.88. The topological polar surface area (TPSA) is 54.9 Å². The second-order valence-electron chi connectivity index (χ2n) is 5.44. The first-order chi connectivity index (χ1) is 11.8. The highest BCUT2D eigenvalue weighted by molar-refractivity contribution is 14.0. The molecule has 5 nitrogen and oxygen atoms in total. The zero-order valence-corrected chi connectivity index (χ0v) is 18.4. The third kappa shape index (κ3) is 9.89. The lowest BCUT2D eigenvalue weighted by Crippen LogP contribution is -2.39. The first-order valence-corrected chi connectivity index (χ1v) is 9.66. The second-order valence-corrected chi connectivity index (χ2v) is 7.04. The van der Waals surface area contributed by atoms with Gasteiger partial charge in [0.1, 0.15) is 0 Å². The molecule has 0 bridgehead atoms. The van der Waals surface area contributed by atoms with Crippen LogP contribution < -0.4 is 10.6 Å². The average molecular weight is 500 g/mol. The van der Waals surface area contributed by atoms with E-state index in [1.807, 2.05) is 24.3 Å². The van der Waals surface area contributed by atoms with E-state index in [0.29, 0.717) is 0 Å². The van der Waals surface area contributed by atoms with E-state index in [4.69, 9.17) is 21.1 Å². The molecule has 1 aromatic carbocycles. The molecule has 0 spiro atoms. The number of guanidine groups is 1. The standard InChI is InChI=1S/C17H26ClN3O2S.HI/c1-19-17(20-8-2-10-23-15-7-11-22-13-15)21-9-12-24-16-5-3-14(18)4-6-16;/h3-6,15H,2,7-13H2,1H3,(H2,19,20,21);1H. The van der Waals surface area contributed by atoms with Crippen LogP contribution in [0.5, 0.6) is 0 Å². The Balaban J connectivity index is 0.00000312. The molecule has 1 aliphatic rings. The predicted molar refractivity (Wildman–Crippen MR) is 117 cm³/mol. The normalized spacial score (nSPS) is 17.2. The molecule has 1 heterocycles. The molecule has 1 atom stereocenters. The summed E-state index contributed by atoms with van der Waals surface area (Å²) in [6.07, 6.45) is 2.26. The number of rotatable bonds is 9. The van der Waals surface area contributed by atoms with Crippen molar-refractivity contribution in [3.63, 3.8) is 0 Å². The summed E-state index contributed by atoms with van der Waals surface area (Å²) in [6.45, 7) is 4.01. The number of aliphatic imine (C=N–C) groups is 1. The van der Waals surface area contributed by atoms with Gasteiger partial charge in [-0.15, -0.1) is 35.7 Å². The highest BCUT2D eigenvalue weighted by Gasteiger charge is 2.15. The van der Waals surface area contributed by atoms with E-state index in [1.165, 1.54) is 4.90 Å². The zero-order chi connectivity index (χ0) is 17.0. The van der Waals surface area contributed by atoms with Crippen molar-refractivity contribution < 1.29 is 9.47 Å². The molecule has 2 N–H and O–H groups in total. The molecule has 0 radical (unpaired) electrons. The summed E-state index contributed by atoms with van der Waals surface area (Å²) in [7, 11) is 1.79. The number of ether oxygens (including phenoxy) is 2. The summed E-state index contributed by atoms with van der Waals surface area (Å²) in [4.78, 5) is 5.45. The molecule has 1 aliphatic heterocycles. The Bertz CT molecular complexity index is 499. The molecule has 0 aromatic heterocycles. The molecule has 142 valence electrons. The Hall–Kier alpha value is -0.220. The van der Waals surface area contributed by atoms with Gasteiger partial charge in [-0.05, 0) is 37.1 Å². The lowest BCUT2D eigenvalue weighted by Gasteiger charge is -2.13. The molecule has 1 aromatic rings. The van der Waals surface area contributed by atoms with E-state index >= 15 is 0 Å². The monoisotopic (exact) mass is 499 g/mol. The van der Waals surface area contributed by atoms with Crippen molar-refractivity contribution in [2.24, 2.45) is 4.99 Å². The Kier molecular flexibility index (Phi) is 12.7. The van der Waals surface area contributed by atoms with Crippen molar-refractivity contribution in [1.82, 2.24) is 10.6 Å². The Morgan fingerprint density at radius 2 is 2.08 bits per heavy atom. The summed E-state index contributed by atoms with van der Waals surface area (Å²) in [5, 5.41) is 7.39. The fraction of sp³-hybridized carbons (Fsp3) is 0.588. The lowest BCUT2D eigenvalue weighted by molar-refractivity contribution is 0.0420. The molecule has 1 unspecified atom stereocenters. The predicted octanol–water partition coefficient (Wildman–Crippen LogP) is 3.41. The van der Waals surface area contributed by atoms with Gasteiger partial charge in [-0.1, -0.05) is 11.6 Å². The molecule has 0 amide bonds. The minimum absolute atomic E-state index is 0. The van der Waals surface area contributed by atoms with Crippen LogP contribution >= 0.6 is 47.3 Å². The van der Waals surface area contributed by atoms with E-state index in [1.54, 1.807) is 18.8 Å². The van der Waals surface area contributed by atoms with Crippen LogP contribution in [-0.4, -0.2) is 57.8 Å². The number of thioether (sulfide) groups is 1. The third-order valence-electron chi connectivity index (χ3n) is 3.56. The average Bonchev–Trinajstić information content (AvgIpc) is 3.11.